The summed E-state index contributed by atoms with van der Waals surface area (Å²) < 4.78 is 52.8. The number of pyridine rings is 1. The molecule has 2 N–H and O–H groups in total. The molecule has 0 spiro atoms. The predicted octanol–water partition coefficient (Wildman–Crippen LogP) is 5.35. The first-order valence-corrected chi connectivity index (χ1v) is 10.8. The first kappa shape index (κ1) is 26.3. The van der Waals surface area contributed by atoms with Gasteiger partial charge in [-0.15, -0.1) is 0 Å². The van der Waals surface area contributed by atoms with Crippen molar-refractivity contribution < 1.29 is 32.5 Å². The fraction of sp³-hybridized carbons (Fsp3) is 0.280. The molecule has 0 fully saturated rings. The van der Waals surface area contributed by atoms with E-state index in [1.807, 2.05) is 0 Å². The first-order valence-electron chi connectivity index (χ1n) is 10.4. The topological polar surface area (TPSA) is 88.6 Å². The number of hydrogen-bond donors (Lipinski definition) is 2. The van der Waals surface area contributed by atoms with Crippen molar-refractivity contribution in [2.24, 2.45) is 0 Å². The minimum atomic E-state index is -5.07. The Morgan fingerprint density at radius 1 is 1.06 bits per heavy atom. The van der Waals surface area contributed by atoms with Gasteiger partial charge in [0.25, 0.3) is 0 Å². The van der Waals surface area contributed by atoms with E-state index in [2.05, 4.69) is 4.98 Å². The van der Waals surface area contributed by atoms with E-state index in [1.54, 1.807) is 18.2 Å². The van der Waals surface area contributed by atoms with Gasteiger partial charge in [-0.3, -0.25) is 4.79 Å². The second-order valence-electron chi connectivity index (χ2n) is 7.99. The molecule has 3 aromatic rings. The van der Waals surface area contributed by atoms with Gasteiger partial charge < -0.3 is 19.6 Å². The number of aryl methyl sites for hydroxylation is 1. The molecule has 0 saturated heterocycles. The molecule has 2 atom stereocenters. The SMILES string of the molecule is COC(=O)c1ccc(-c2ccc(C(C)C(O)(c3ccc(=O)[nH]c3C)C(F)(F)F)c(Cl)c2)cc1OC. The van der Waals surface area contributed by atoms with Gasteiger partial charge in [-0.25, -0.2) is 4.79 Å². The summed E-state index contributed by atoms with van der Waals surface area (Å²) in [5.74, 6) is -1.85. The second kappa shape index (κ2) is 9.75. The first-order chi connectivity index (χ1) is 16.3. The second-order valence-corrected chi connectivity index (χ2v) is 8.40. The van der Waals surface area contributed by atoms with Crippen LogP contribution in [-0.4, -0.2) is 36.5 Å². The quantitative estimate of drug-likeness (QED) is 0.437. The molecule has 2 aromatic carbocycles. The Labute approximate surface area is 204 Å². The zero-order valence-electron chi connectivity index (χ0n) is 19.3. The van der Waals surface area contributed by atoms with Crippen molar-refractivity contribution in [1.82, 2.24) is 4.98 Å². The van der Waals surface area contributed by atoms with Crippen molar-refractivity contribution in [3.05, 3.63) is 86.3 Å². The number of aromatic nitrogens is 1. The molecular formula is C25H23ClF3NO5. The van der Waals surface area contributed by atoms with Crippen LogP contribution < -0.4 is 10.3 Å². The van der Waals surface area contributed by atoms with E-state index in [-0.39, 0.29) is 27.6 Å². The van der Waals surface area contributed by atoms with Gasteiger partial charge in [0, 0.05) is 28.3 Å². The van der Waals surface area contributed by atoms with Gasteiger partial charge in [0.2, 0.25) is 5.56 Å². The van der Waals surface area contributed by atoms with Gasteiger partial charge >= 0.3 is 12.1 Å². The van der Waals surface area contributed by atoms with Crippen LogP contribution >= 0.6 is 11.6 Å². The third kappa shape index (κ3) is 4.78. The molecular weight excluding hydrogens is 487 g/mol. The zero-order valence-corrected chi connectivity index (χ0v) is 20.0. The van der Waals surface area contributed by atoms with E-state index < -0.39 is 34.8 Å². The van der Waals surface area contributed by atoms with Crippen LogP contribution in [-0.2, 0) is 10.3 Å². The average Bonchev–Trinajstić information content (AvgIpc) is 2.81. The molecule has 2 unspecified atom stereocenters. The fourth-order valence-electron chi connectivity index (χ4n) is 4.05. The van der Waals surface area contributed by atoms with Crippen molar-refractivity contribution in [2.45, 2.75) is 31.5 Å². The minimum Gasteiger partial charge on any atom is -0.496 e. The average molecular weight is 510 g/mol. The van der Waals surface area contributed by atoms with Crippen LogP contribution in [0.2, 0.25) is 5.02 Å². The number of ether oxygens (including phenoxy) is 2. The van der Waals surface area contributed by atoms with E-state index in [0.717, 1.165) is 12.1 Å². The number of aromatic amines is 1. The molecule has 0 aliphatic heterocycles. The lowest BCUT2D eigenvalue weighted by atomic mass is 9.77. The van der Waals surface area contributed by atoms with Gasteiger partial charge in [-0.1, -0.05) is 36.7 Å². The summed E-state index contributed by atoms with van der Waals surface area (Å²) in [6.07, 6.45) is -5.07. The normalized spacial score (nSPS) is 14.2. The summed E-state index contributed by atoms with van der Waals surface area (Å²) >= 11 is 6.42. The number of benzene rings is 2. The Hall–Kier alpha value is -3.30. The van der Waals surface area contributed by atoms with Crippen molar-refractivity contribution in [3.63, 3.8) is 0 Å². The molecule has 3 rings (SSSR count). The third-order valence-electron chi connectivity index (χ3n) is 5.99. The standard InChI is InChI=1S/C25H23ClF3NO5/c1-13(24(33,25(27,28)29)19-9-10-22(31)30-14(19)2)17-7-5-15(11-20(17)26)16-6-8-18(23(32)35-4)21(12-16)34-3/h5-13,33H,1-4H3,(H,30,31). The number of methoxy groups -OCH3 is 2. The molecule has 0 amide bonds. The zero-order chi connectivity index (χ0) is 26.1. The van der Waals surface area contributed by atoms with Crippen LogP contribution in [0.4, 0.5) is 13.2 Å². The Morgan fingerprint density at radius 3 is 2.23 bits per heavy atom. The summed E-state index contributed by atoms with van der Waals surface area (Å²) in [6.45, 7) is 2.50. The highest BCUT2D eigenvalue weighted by atomic mass is 35.5. The highest BCUT2D eigenvalue weighted by Crippen LogP contribution is 2.50. The van der Waals surface area contributed by atoms with Crippen LogP contribution in [0.25, 0.3) is 11.1 Å². The van der Waals surface area contributed by atoms with Gasteiger partial charge in [0.15, 0.2) is 5.60 Å². The summed E-state index contributed by atoms with van der Waals surface area (Å²) in [7, 11) is 2.63. The van der Waals surface area contributed by atoms with Crippen molar-refractivity contribution in [3.8, 4) is 16.9 Å². The third-order valence-corrected chi connectivity index (χ3v) is 6.32. The van der Waals surface area contributed by atoms with Crippen LogP contribution in [0.15, 0.2) is 53.3 Å². The Kier molecular flexibility index (Phi) is 7.33. The van der Waals surface area contributed by atoms with E-state index in [9.17, 15) is 27.9 Å². The summed E-state index contributed by atoms with van der Waals surface area (Å²) in [6, 6.07) is 11.0. The predicted molar refractivity (Wildman–Crippen MR) is 125 cm³/mol. The van der Waals surface area contributed by atoms with Gasteiger partial charge in [0.1, 0.15) is 11.3 Å². The maximum atomic E-state index is 14.3. The van der Waals surface area contributed by atoms with Crippen molar-refractivity contribution in [1.29, 1.82) is 0 Å². The number of hydrogen-bond acceptors (Lipinski definition) is 5. The molecule has 186 valence electrons. The van der Waals surface area contributed by atoms with Gasteiger partial charge in [-0.2, -0.15) is 13.2 Å². The molecule has 1 aromatic heterocycles. The highest BCUT2D eigenvalue weighted by Gasteiger charge is 2.59. The van der Waals surface area contributed by atoms with Crippen LogP contribution in [0.5, 0.6) is 5.75 Å². The number of carbonyl (C=O) groups excluding carboxylic acids is 1. The summed E-state index contributed by atoms with van der Waals surface area (Å²) in [5.41, 5.74) is -3.07. The number of carbonyl (C=O) groups is 1. The lowest BCUT2D eigenvalue weighted by molar-refractivity contribution is -0.274. The van der Waals surface area contributed by atoms with E-state index in [4.69, 9.17) is 21.1 Å². The van der Waals surface area contributed by atoms with Crippen LogP contribution in [0.3, 0.4) is 0 Å². The largest absolute Gasteiger partial charge is 0.496 e. The molecule has 0 aliphatic rings. The Bertz CT molecular complexity index is 1320. The summed E-state index contributed by atoms with van der Waals surface area (Å²) in [5, 5.41) is 11.0. The van der Waals surface area contributed by atoms with Crippen molar-refractivity contribution in [2.75, 3.05) is 14.2 Å². The van der Waals surface area contributed by atoms with Crippen LogP contribution in [0, 0.1) is 6.92 Å². The van der Waals surface area contributed by atoms with Gasteiger partial charge in [0.05, 0.1) is 14.2 Å². The lowest BCUT2D eigenvalue weighted by Gasteiger charge is -2.37. The van der Waals surface area contributed by atoms with E-state index in [1.165, 1.54) is 46.3 Å². The maximum Gasteiger partial charge on any atom is 0.422 e. The van der Waals surface area contributed by atoms with Gasteiger partial charge in [-0.05, 0) is 47.9 Å². The summed E-state index contributed by atoms with van der Waals surface area (Å²) in [4.78, 5) is 25.7. The molecule has 0 radical (unpaired) electrons. The molecule has 10 heteroatoms. The smallest absolute Gasteiger partial charge is 0.422 e. The molecule has 1 heterocycles. The lowest BCUT2D eigenvalue weighted by Crippen LogP contribution is -2.47. The monoisotopic (exact) mass is 509 g/mol. The molecule has 0 saturated carbocycles. The molecule has 0 aliphatic carbocycles. The number of nitrogens with one attached hydrogen (secondary N) is 1. The fourth-order valence-corrected chi connectivity index (χ4v) is 4.40. The number of H-pyrrole nitrogens is 1. The number of halogens is 4. The van der Waals surface area contributed by atoms with E-state index in [0.29, 0.717) is 11.1 Å². The number of esters is 1. The highest BCUT2D eigenvalue weighted by molar-refractivity contribution is 6.31. The Balaban J connectivity index is 2.08. The Morgan fingerprint density at radius 2 is 1.69 bits per heavy atom. The van der Waals surface area contributed by atoms with Crippen molar-refractivity contribution >= 4 is 17.6 Å². The minimum absolute atomic E-state index is 0.00392. The molecule has 6 nitrogen and oxygen atoms in total. The number of aliphatic hydroxyl groups is 1. The molecule has 35 heavy (non-hydrogen) atoms. The molecule has 0 bridgehead atoms. The van der Waals surface area contributed by atoms with Crippen LogP contribution in [0.1, 0.15) is 40.0 Å². The maximum absolute atomic E-state index is 14.3. The van der Waals surface area contributed by atoms with E-state index >= 15 is 0 Å². The number of rotatable bonds is 6. The number of alkyl halides is 3.